The number of fused-ring (bicyclic) bond motifs is 2. The number of thiazole rings is 1. The highest BCUT2D eigenvalue weighted by molar-refractivity contribution is 7.11. The van der Waals surface area contributed by atoms with Crippen LogP contribution in [0.3, 0.4) is 0 Å². The summed E-state index contributed by atoms with van der Waals surface area (Å²) in [4.78, 5) is 81.1. The van der Waals surface area contributed by atoms with Gasteiger partial charge in [0.25, 0.3) is 17.7 Å². The Morgan fingerprint density at radius 3 is 2.56 bits per heavy atom. The van der Waals surface area contributed by atoms with Crippen molar-refractivity contribution in [1.29, 1.82) is 0 Å². The van der Waals surface area contributed by atoms with Gasteiger partial charge in [-0.25, -0.2) is 4.98 Å². The van der Waals surface area contributed by atoms with Crippen LogP contribution in [0.25, 0.3) is 10.8 Å². The van der Waals surface area contributed by atoms with Gasteiger partial charge in [-0.3, -0.25) is 39.0 Å². The normalized spacial score (nSPS) is 16.3. The van der Waals surface area contributed by atoms with Crippen molar-refractivity contribution < 1.29 is 28.8 Å². The second-order valence-corrected chi connectivity index (χ2v) is 11.4. The molecule has 0 radical (unpaired) electrons. The van der Waals surface area contributed by atoms with E-state index in [1.54, 1.807) is 6.20 Å². The first-order valence-corrected chi connectivity index (χ1v) is 14.4. The molecule has 2 aliphatic heterocycles. The maximum atomic E-state index is 13.0. The molecule has 0 saturated carbocycles. The van der Waals surface area contributed by atoms with Crippen LogP contribution in [-0.4, -0.2) is 51.4 Å². The van der Waals surface area contributed by atoms with Gasteiger partial charge in [-0.05, 0) is 41.0 Å². The van der Waals surface area contributed by atoms with Crippen molar-refractivity contribution in [3.05, 3.63) is 99.0 Å². The molecule has 6 rings (SSSR count). The molecule has 0 bridgehead atoms. The van der Waals surface area contributed by atoms with Gasteiger partial charge in [-0.15, -0.1) is 11.3 Å². The molecular weight excluding hydrogens is 570 g/mol. The Labute approximate surface area is 249 Å². The summed E-state index contributed by atoms with van der Waals surface area (Å²) in [6.07, 6.45) is 1.97. The van der Waals surface area contributed by atoms with Crippen molar-refractivity contribution in [1.82, 2.24) is 25.8 Å². The van der Waals surface area contributed by atoms with Crippen molar-refractivity contribution in [2.24, 2.45) is 0 Å². The van der Waals surface area contributed by atoms with Gasteiger partial charge in [0.15, 0.2) is 0 Å². The quantitative estimate of drug-likeness (QED) is 0.265. The number of aromatic nitrogens is 1. The third-order valence-electron chi connectivity index (χ3n) is 7.39. The molecule has 2 aliphatic rings. The van der Waals surface area contributed by atoms with E-state index in [-0.39, 0.29) is 48.4 Å². The van der Waals surface area contributed by atoms with E-state index in [0.717, 1.165) is 26.1 Å². The summed E-state index contributed by atoms with van der Waals surface area (Å²) >= 11 is 1.35. The van der Waals surface area contributed by atoms with E-state index in [4.69, 9.17) is 0 Å². The van der Waals surface area contributed by atoms with E-state index in [0.29, 0.717) is 11.6 Å². The van der Waals surface area contributed by atoms with Gasteiger partial charge in [0, 0.05) is 23.1 Å². The molecule has 1 saturated heterocycles. The van der Waals surface area contributed by atoms with Crippen LogP contribution in [0.1, 0.15) is 59.4 Å². The van der Waals surface area contributed by atoms with Crippen molar-refractivity contribution in [2.45, 2.75) is 38.4 Å². The number of benzene rings is 3. The molecule has 216 valence electrons. The first-order chi connectivity index (χ1) is 20.8. The Morgan fingerprint density at radius 1 is 0.930 bits per heavy atom. The van der Waals surface area contributed by atoms with Crippen LogP contribution in [0, 0.1) is 0 Å². The lowest BCUT2D eigenvalue weighted by atomic mass is 10.0. The van der Waals surface area contributed by atoms with Gasteiger partial charge in [-0.1, -0.05) is 42.5 Å². The van der Waals surface area contributed by atoms with Gasteiger partial charge < -0.3 is 10.6 Å². The fraction of sp³-hybridized carbons (Fsp3) is 0.194. The molecule has 1 atom stereocenters. The van der Waals surface area contributed by atoms with Crippen molar-refractivity contribution in [3.63, 3.8) is 0 Å². The Balaban J connectivity index is 1.03. The number of nitrogens with zero attached hydrogens (tertiary/aromatic N) is 2. The molecule has 0 aliphatic carbocycles. The summed E-state index contributed by atoms with van der Waals surface area (Å²) in [7, 11) is 0. The second kappa shape index (κ2) is 11.6. The van der Waals surface area contributed by atoms with Gasteiger partial charge >= 0.3 is 0 Å². The fourth-order valence-electron chi connectivity index (χ4n) is 5.25. The molecule has 3 N–H and O–H groups in total. The smallest absolute Gasteiger partial charge is 0.262 e. The molecule has 43 heavy (non-hydrogen) atoms. The first-order valence-electron chi connectivity index (χ1n) is 13.6. The Bertz CT molecular complexity index is 1830. The van der Waals surface area contributed by atoms with Crippen LogP contribution in [-0.2, 0) is 33.9 Å². The predicted octanol–water partition coefficient (Wildman–Crippen LogP) is 2.49. The van der Waals surface area contributed by atoms with E-state index >= 15 is 0 Å². The third kappa shape index (κ3) is 5.64. The number of carbonyl (C=O) groups is 6. The number of imide groups is 2. The monoisotopic (exact) mass is 595 g/mol. The topological polar surface area (TPSA) is 155 Å². The number of amides is 6. The summed E-state index contributed by atoms with van der Waals surface area (Å²) in [5.74, 6) is -3.05. The number of hydrogen-bond donors (Lipinski definition) is 3. The lowest BCUT2D eigenvalue weighted by Gasteiger charge is -2.27. The van der Waals surface area contributed by atoms with Crippen molar-refractivity contribution in [2.75, 3.05) is 0 Å². The lowest BCUT2D eigenvalue weighted by Crippen LogP contribution is -2.54. The summed E-state index contributed by atoms with van der Waals surface area (Å²) in [6.45, 7) is 0.430. The average molecular weight is 596 g/mol. The second-order valence-electron chi connectivity index (χ2n) is 10.2. The zero-order valence-electron chi connectivity index (χ0n) is 22.7. The number of nitrogens with one attached hydrogen (secondary N) is 3. The molecule has 1 fully saturated rings. The standard InChI is InChI=1S/C31H25N5O6S/c37-25-11-10-24(29(40)35-25)36-30(41)22-9-8-19(12-23(22)31(36)42)28(39)34-16-27-33-15-20(43-27)14-32-26(38)13-18-6-3-5-17-4-1-2-7-21(17)18/h1-9,12,15,24H,10-11,13-14,16H2,(H,32,38)(H,34,39)(H,35,37,40). The highest BCUT2D eigenvalue weighted by Gasteiger charge is 2.44. The zero-order chi connectivity index (χ0) is 30.1. The summed E-state index contributed by atoms with van der Waals surface area (Å²) in [5.41, 5.74) is 1.24. The van der Waals surface area contributed by atoms with E-state index < -0.39 is 35.6 Å². The molecule has 12 heteroatoms. The Hall–Kier alpha value is -5.23. The minimum atomic E-state index is -1.08. The molecule has 11 nitrogen and oxygen atoms in total. The van der Waals surface area contributed by atoms with Crippen LogP contribution < -0.4 is 16.0 Å². The summed E-state index contributed by atoms with van der Waals surface area (Å²) < 4.78 is 0. The predicted molar refractivity (Wildman–Crippen MR) is 156 cm³/mol. The minimum absolute atomic E-state index is 0.0212. The maximum Gasteiger partial charge on any atom is 0.262 e. The van der Waals surface area contributed by atoms with Gasteiger partial charge in [-0.2, -0.15) is 0 Å². The maximum absolute atomic E-state index is 13.0. The van der Waals surface area contributed by atoms with Gasteiger partial charge in [0.1, 0.15) is 11.0 Å². The molecule has 3 aromatic carbocycles. The Morgan fingerprint density at radius 2 is 1.72 bits per heavy atom. The Kier molecular flexibility index (Phi) is 7.51. The minimum Gasteiger partial charge on any atom is -0.351 e. The molecule has 4 aromatic rings. The molecule has 1 aromatic heterocycles. The average Bonchev–Trinajstić information content (AvgIpc) is 3.56. The van der Waals surface area contributed by atoms with Crippen LogP contribution in [0.5, 0.6) is 0 Å². The van der Waals surface area contributed by atoms with E-state index in [2.05, 4.69) is 20.9 Å². The molecular formula is C31H25N5O6S. The largest absolute Gasteiger partial charge is 0.351 e. The van der Waals surface area contributed by atoms with Crippen LogP contribution in [0.4, 0.5) is 0 Å². The molecule has 0 spiro atoms. The molecule has 6 amide bonds. The zero-order valence-corrected chi connectivity index (χ0v) is 23.5. The highest BCUT2D eigenvalue weighted by atomic mass is 32.1. The third-order valence-corrected chi connectivity index (χ3v) is 8.39. The van der Waals surface area contributed by atoms with Crippen LogP contribution >= 0.6 is 11.3 Å². The SMILES string of the molecule is O=C(Cc1cccc2ccccc12)NCc1cnc(CNC(=O)c2ccc3c(c2)C(=O)N(C2CCC(=O)NC2=O)C3=O)s1. The number of hydrogen-bond acceptors (Lipinski definition) is 8. The van der Waals surface area contributed by atoms with Crippen LogP contribution in [0.2, 0.25) is 0 Å². The van der Waals surface area contributed by atoms with Crippen LogP contribution in [0.15, 0.2) is 66.9 Å². The first kappa shape index (κ1) is 27.9. The molecule has 3 heterocycles. The highest BCUT2D eigenvalue weighted by Crippen LogP contribution is 2.28. The number of carbonyl (C=O) groups excluding carboxylic acids is 6. The van der Waals surface area contributed by atoms with E-state index in [1.165, 1.54) is 29.5 Å². The van der Waals surface area contributed by atoms with Crippen molar-refractivity contribution >= 4 is 57.6 Å². The summed E-state index contributed by atoms with van der Waals surface area (Å²) in [6, 6.07) is 16.9. The van der Waals surface area contributed by atoms with E-state index in [9.17, 15) is 28.8 Å². The lowest BCUT2D eigenvalue weighted by molar-refractivity contribution is -0.136. The van der Waals surface area contributed by atoms with Gasteiger partial charge in [0.05, 0.1) is 30.6 Å². The van der Waals surface area contributed by atoms with E-state index in [1.807, 2.05) is 42.5 Å². The summed E-state index contributed by atoms with van der Waals surface area (Å²) in [5, 5.41) is 10.6. The fourth-order valence-corrected chi connectivity index (χ4v) is 6.05. The number of rotatable bonds is 8. The van der Waals surface area contributed by atoms with Gasteiger partial charge in [0.2, 0.25) is 17.7 Å². The van der Waals surface area contributed by atoms with Crippen molar-refractivity contribution in [3.8, 4) is 0 Å². The molecule has 1 unspecified atom stereocenters. The number of piperidine rings is 1.